The van der Waals surface area contributed by atoms with Crippen LogP contribution in [-0.4, -0.2) is 36.1 Å². The Morgan fingerprint density at radius 2 is 1.93 bits per heavy atom. The maximum atomic E-state index is 3.60. The third-order valence-electron chi connectivity index (χ3n) is 4.15. The van der Waals surface area contributed by atoms with Crippen molar-refractivity contribution in [3.63, 3.8) is 0 Å². The number of rotatable bonds is 2. The highest BCUT2D eigenvalue weighted by Gasteiger charge is 2.43. The second kappa shape index (κ2) is 3.49. The lowest BCUT2D eigenvalue weighted by Gasteiger charge is -2.48. The van der Waals surface area contributed by atoms with Crippen LogP contribution in [0.5, 0.6) is 0 Å². The number of hydrogen-bond donors (Lipinski definition) is 1. The van der Waals surface area contributed by atoms with E-state index in [1.54, 1.807) is 0 Å². The van der Waals surface area contributed by atoms with Gasteiger partial charge < -0.3 is 5.32 Å². The van der Waals surface area contributed by atoms with Crippen molar-refractivity contribution in [3.8, 4) is 0 Å². The van der Waals surface area contributed by atoms with Gasteiger partial charge in [0.2, 0.25) is 0 Å². The van der Waals surface area contributed by atoms with Crippen molar-refractivity contribution in [2.24, 2.45) is 11.8 Å². The highest BCUT2D eigenvalue weighted by Crippen LogP contribution is 2.32. The average molecular weight is 196 g/mol. The molecule has 1 unspecified atom stereocenters. The predicted octanol–water partition coefficient (Wildman–Crippen LogP) is 1.71. The Morgan fingerprint density at radius 1 is 1.29 bits per heavy atom. The molecular formula is C12H24N2. The standard InChI is InChI=1S/C12H24N2/c1-9(2)10-7-14(8-10)11-5-6-13-12(11,3)4/h9-11,13H,5-8H2,1-4H3. The monoisotopic (exact) mass is 196 g/mol. The molecule has 0 amide bonds. The summed E-state index contributed by atoms with van der Waals surface area (Å²) in [7, 11) is 0. The van der Waals surface area contributed by atoms with Crippen molar-refractivity contribution in [2.45, 2.75) is 45.7 Å². The van der Waals surface area contributed by atoms with Crippen molar-refractivity contribution in [2.75, 3.05) is 19.6 Å². The van der Waals surface area contributed by atoms with Crippen LogP contribution in [0, 0.1) is 11.8 Å². The minimum absolute atomic E-state index is 0.335. The number of nitrogens with zero attached hydrogens (tertiary/aromatic N) is 1. The molecule has 2 heterocycles. The van der Waals surface area contributed by atoms with E-state index in [1.165, 1.54) is 26.1 Å². The zero-order valence-corrected chi connectivity index (χ0v) is 10.0. The van der Waals surface area contributed by atoms with E-state index in [-0.39, 0.29) is 0 Å². The molecule has 0 spiro atoms. The van der Waals surface area contributed by atoms with Crippen molar-refractivity contribution in [1.29, 1.82) is 0 Å². The lowest BCUT2D eigenvalue weighted by molar-refractivity contribution is 0.00894. The van der Waals surface area contributed by atoms with Gasteiger partial charge in [0.25, 0.3) is 0 Å². The zero-order chi connectivity index (χ0) is 10.3. The molecule has 14 heavy (non-hydrogen) atoms. The van der Waals surface area contributed by atoms with Crippen LogP contribution in [0.2, 0.25) is 0 Å². The Hall–Kier alpha value is -0.0800. The summed E-state index contributed by atoms with van der Waals surface area (Å²) in [4.78, 5) is 2.67. The van der Waals surface area contributed by atoms with Gasteiger partial charge in [-0.05, 0) is 38.6 Å². The molecule has 1 N–H and O–H groups in total. The van der Waals surface area contributed by atoms with Crippen LogP contribution in [0.3, 0.4) is 0 Å². The normalized spacial score (nSPS) is 33.6. The topological polar surface area (TPSA) is 15.3 Å². The molecule has 2 saturated heterocycles. The summed E-state index contributed by atoms with van der Waals surface area (Å²) in [6, 6.07) is 0.775. The van der Waals surface area contributed by atoms with Gasteiger partial charge in [0.05, 0.1) is 0 Å². The SMILES string of the molecule is CC(C)C1CN(C2CCNC2(C)C)C1. The highest BCUT2D eigenvalue weighted by molar-refractivity contribution is 5.02. The van der Waals surface area contributed by atoms with Crippen molar-refractivity contribution >= 4 is 0 Å². The molecule has 0 bridgehead atoms. The molecule has 0 aromatic carbocycles. The summed E-state index contributed by atoms with van der Waals surface area (Å²) >= 11 is 0. The Bertz CT molecular complexity index is 204. The molecular weight excluding hydrogens is 172 g/mol. The molecule has 2 fully saturated rings. The van der Waals surface area contributed by atoms with Crippen LogP contribution >= 0.6 is 0 Å². The van der Waals surface area contributed by atoms with E-state index in [4.69, 9.17) is 0 Å². The molecule has 0 saturated carbocycles. The smallest absolute Gasteiger partial charge is 0.0284 e. The molecule has 0 radical (unpaired) electrons. The summed E-state index contributed by atoms with van der Waals surface area (Å²) in [5.74, 6) is 1.81. The van der Waals surface area contributed by atoms with Gasteiger partial charge in [-0.25, -0.2) is 0 Å². The third-order valence-corrected chi connectivity index (χ3v) is 4.15. The number of hydrogen-bond acceptors (Lipinski definition) is 2. The van der Waals surface area contributed by atoms with E-state index in [1.807, 2.05) is 0 Å². The molecule has 0 aliphatic carbocycles. The van der Waals surface area contributed by atoms with Gasteiger partial charge in [0.15, 0.2) is 0 Å². The molecule has 2 rings (SSSR count). The maximum Gasteiger partial charge on any atom is 0.0284 e. The van der Waals surface area contributed by atoms with Gasteiger partial charge in [0.1, 0.15) is 0 Å². The Labute approximate surface area is 88.1 Å². The summed E-state index contributed by atoms with van der Waals surface area (Å²) in [6.07, 6.45) is 1.33. The summed E-state index contributed by atoms with van der Waals surface area (Å²) < 4.78 is 0. The minimum Gasteiger partial charge on any atom is -0.310 e. The molecule has 2 aliphatic rings. The van der Waals surface area contributed by atoms with E-state index in [9.17, 15) is 0 Å². The molecule has 82 valence electrons. The van der Waals surface area contributed by atoms with E-state index in [0.717, 1.165) is 17.9 Å². The molecule has 0 aromatic heterocycles. The third kappa shape index (κ3) is 1.70. The molecule has 2 aliphatic heterocycles. The Kier molecular flexibility index (Phi) is 2.61. The zero-order valence-electron chi connectivity index (χ0n) is 10.0. The first-order chi connectivity index (χ1) is 6.50. The Balaban J connectivity index is 1.87. The van der Waals surface area contributed by atoms with Gasteiger partial charge >= 0.3 is 0 Å². The van der Waals surface area contributed by atoms with Gasteiger partial charge in [0, 0.05) is 24.7 Å². The number of nitrogens with one attached hydrogen (secondary N) is 1. The van der Waals surface area contributed by atoms with Gasteiger partial charge in [-0.1, -0.05) is 13.8 Å². The van der Waals surface area contributed by atoms with Gasteiger partial charge in [-0.3, -0.25) is 4.90 Å². The van der Waals surface area contributed by atoms with E-state index in [2.05, 4.69) is 37.9 Å². The van der Waals surface area contributed by atoms with E-state index >= 15 is 0 Å². The van der Waals surface area contributed by atoms with Crippen molar-refractivity contribution in [3.05, 3.63) is 0 Å². The fraction of sp³-hybridized carbons (Fsp3) is 1.00. The van der Waals surface area contributed by atoms with Crippen LogP contribution in [-0.2, 0) is 0 Å². The first-order valence-corrected chi connectivity index (χ1v) is 6.00. The lowest BCUT2D eigenvalue weighted by atomic mass is 9.84. The summed E-state index contributed by atoms with van der Waals surface area (Å²) in [5, 5.41) is 3.60. The van der Waals surface area contributed by atoms with Crippen LogP contribution in [0.25, 0.3) is 0 Å². The van der Waals surface area contributed by atoms with Crippen molar-refractivity contribution in [1.82, 2.24) is 10.2 Å². The quantitative estimate of drug-likeness (QED) is 0.723. The average Bonchev–Trinajstić information content (AvgIpc) is 2.27. The molecule has 1 atom stereocenters. The first kappa shape index (κ1) is 10.4. The Morgan fingerprint density at radius 3 is 2.36 bits per heavy atom. The van der Waals surface area contributed by atoms with Crippen LogP contribution in [0.15, 0.2) is 0 Å². The number of likely N-dealkylation sites (tertiary alicyclic amines) is 1. The summed E-state index contributed by atoms with van der Waals surface area (Å²) in [6.45, 7) is 13.2. The molecule has 2 nitrogen and oxygen atoms in total. The second-order valence-electron chi connectivity index (χ2n) is 5.91. The van der Waals surface area contributed by atoms with Crippen LogP contribution in [0.1, 0.15) is 34.1 Å². The van der Waals surface area contributed by atoms with Crippen LogP contribution in [0.4, 0.5) is 0 Å². The lowest BCUT2D eigenvalue weighted by Crippen LogP contribution is -2.60. The van der Waals surface area contributed by atoms with Crippen molar-refractivity contribution < 1.29 is 0 Å². The summed E-state index contributed by atoms with van der Waals surface area (Å²) in [5.41, 5.74) is 0.335. The fourth-order valence-corrected chi connectivity index (χ4v) is 2.87. The second-order valence-corrected chi connectivity index (χ2v) is 5.91. The fourth-order valence-electron chi connectivity index (χ4n) is 2.87. The van der Waals surface area contributed by atoms with E-state index < -0.39 is 0 Å². The van der Waals surface area contributed by atoms with Gasteiger partial charge in [-0.2, -0.15) is 0 Å². The van der Waals surface area contributed by atoms with Gasteiger partial charge in [-0.15, -0.1) is 0 Å². The molecule has 0 aromatic rings. The molecule has 2 heteroatoms. The largest absolute Gasteiger partial charge is 0.310 e. The highest BCUT2D eigenvalue weighted by atomic mass is 15.3. The minimum atomic E-state index is 0.335. The van der Waals surface area contributed by atoms with E-state index in [0.29, 0.717) is 5.54 Å². The first-order valence-electron chi connectivity index (χ1n) is 6.00. The maximum absolute atomic E-state index is 3.60. The predicted molar refractivity (Wildman–Crippen MR) is 60.4 cm³/mol. The van der Waals surface area contributed by atoms with Crippen LogP contribution < -0.4 is 5.32 Å².